The number of alkyl halides is 2. The Morgan fingerprint density at radius 1 is 1.31 bits per heavy atom. The summed E-state index contributed by atoms with van der Waals surface area (Å²) in [5, 5.41) is 0. The Bertz CT molecular complexity index is 363. The van der Waals surface area contributed by atoms with Crippen molar-refractivity contribution in [3.05, 3.63) is 35.4 Å². The van der Waals surface area contributed by atoms with Crippen LogP contribution in [0.3, 0.4) is 0 Å². The van der Waals surface area contributed by atoms with E-state index in [9.17, 15) is 8.78 Å². The van der Waals surface area contributed by atoms with Gasteiger partial charge < -0.3 is 5.73 Å². The lowest BCUT2D eigenvalue weighted by atomic mass is 9.78. The molecule has 1 atom stereocenters. The van der Waals surface area contributed by atoms with Gasteiger partial charge in [-0.1, -0.05) is 24.3 Å². The predicted molar refractivity (Wildman–Crippen MR) is 60.7 cm³/mol. The summed E-state index contributed by atoms with van der Waals surface area (Å²) in [6.45, 7) is 0.0473. The number of aryl methyl sites for hydroxylation is 1. The van der Waals surface area contributed by atoms with Gasteiger partial charge in [0.05, 0.1) is 0 Å². The van der Waals surface area contributed by atoms with Gasteiger partial charge >= 0.3 is 0 Å². The van der Waals surface area contributed by atoms with Gasteiger partial charge in [0.2, 0.25) is 0 Å². The summed E-state index contributed by atoms with van der Waals surface area (Å²) in [5.41, 5.74) is 7.17. The van der Waals surface area contributed by atoms with E-state index < -0.39 is 11.8 Å². The van der Waals surface area contributed by atoms with Crippen LogP contribution in [0.25, 0.3) is 0 Å². The van der Waals surface area contributed by atoms with E-state index in [0.29, 0.717) is 6.42 Å². The van der Waals surface area contributed by atoms with Crippen molar-refractivity contribution in [1.82, 2.24) is 0 Å². The van der Waals surface area contributed by atoms with Crippen LogP contribution in [-0.4, -0.2) is 12.5 Å². The third-order valence-corrected chi connectivity index (χ3v) is 3.36. The van der Waals surface area contributed by atoms with E-state index in [-0.39, 0.29) is 13.0 Å². The topological polar surface area (TPSA) is 26.0 Å². The fourth-order valence-electron chi connectivity index (χ4n) is 2.56. The zero-order chi connectivity index (χ0) is 11.6. The summed E-state index contributed by atoms with van der Waals surface area (Å²) in [4.78, 5) is 0. The van der Waals surface area contributed by atoms with Crippen molar-refractivity contribution in [3.63, 3.8) is 0 Å². The van der Waals surface area contributed by atoms with Gasteiger partial charge in [-0.3, -0.25) is 0 Å². The van der Waals surface area contributed by atoms with Crippen molar-refractivity contribution in [1.29, 1.82) is 0 Å². The van der Waals surface area contributed by atoms with E-state index in [0.717, 1.165) is 24.0 Å². The normalized spacial score (nSPS) is 20.6. The molecule has 0 aliphatic heterocycles. The second-order valence-corrected chi connectivity index (χ2v) is 4.44. The van der Waals surface area contributed by atoms with Crippen molar-refractivity contribution >= 4 is 0 Å². The average Bonchev–Trinajstić information content (AvgIpc) is 2.28. The maximum Gasteiger partial charge on any atom is 0.256 e. The van der Waals surface area contributed by atoms with Crippen molar-refractivity contribution in [3.8, 4) is 0 Å². The Labute approximate surface area is 94.7 Å². The second kappa shape index (κ2) is 4.50. The Hall–Kier alpha value is -0.960. The molecule has 0 aromatic heterocycles. The van der Waals surface area contributed by atoms with Crippen LogP contribution in [0.15, 0.2) is 24.3 Å². The molecule has 1 aliphatic rings. The summed E-state index contributed by atoms with van der Waals surface area (Å²) in [5.74, 6) is -3.30. The van der Waals surface area contributed by atoms with Gasteiger partial charge in [0.1, 0.15) is 0 Å². The fourth-order valence-corrected chi connectivity index (χ4v) is 2.56. The van der Waals surface area contributed by atoms with Gasteiger partial charge in [-0.25, -0.2) is 8.78 Å². The van der Waals surface area contributed by atoms with Crippen LogP contribution in [0.2, 0.25) is 0 Å². The SMILES string of the molecule is NCCC(F)(F)C1CCCc2ccccc21. The number of hydrogen-bond acceptors (Lipinski definition) is 1. The highest BCUT2D eigenvalue weighted by atomic mass is 19.3. The summed E-state index contributed by atoms with van der Waals surface area (Å²) in [7, 11) is 0. The van der Waals surface area contributed by atoms with E-state index >= 15 is 0 Å². The molecule has 0 heterocycles. The predicted octanol–water partition coefficient (Wildman–Crippen LogP) is 3.09. The minimum Gasteiger partial charge on any atom is -0.330 e. The second-order valence-electron chi connectivity index (χ2n) is 4.44. The highest BCUT2D eigenvalue weighted by Crippen LogP contribution is 2.43. The van der Waals surface area contributed by atoms with Crippen LogP contribution in [0.4, 0.5) is 8.78 Å². The molecule has 1 nitrogen and oxygen atoms in total. The highest BCUT2D eigenvalue weighted by Gasteiger charge is 2.41. The van der Waals surface area contributed by atoms with E-state index in [2.05, 4.69) is 0 Å². The molecule has 16 heavy (non-hydrogen) atoms. The van der Waals surface area contributed by atoms with Crippen molar-refractivity contribution < 1.29 is 8.78 Å². The Morgan fingerprint density at radius 3 is 2.81 bits per heavy atom. The molecule has 0 bridgehead atoms. The third kappa shape index (κ3) is 2.09. The largest absolute Gasteiger partial charge is 0.330 e. The first-order chi connectivity index (χ1) is 7.65. The molecular weight excluding hydrogens is 208 g/mol. The van der Waals surface area contributed by atoms with E-state index in [1.165, 1.54) is 0 Å². The van der Waals surface area contributed by atoms with Crippen LogP contribution >= 0.6 is 0 Å². The van der Waals surface area contributed by atoms with Crippen molar-refractivity contribution in [2.75, 3.05) is 6.54 Å². The molecule has 0 radical (unpaired) electrons. The molecule has 1 unspecified atom stereocenters. The molecule has 0 fully saturated rings. The Balaban J connectivity index is 2.31. The molecule has 0 saturated carbocycles. The lowest BCUT2D eigenvalue weighted by Crippen LogP contribution is -2.31. The highest BCUT2D eigenvalue weighted by molar-refractivity contribution is 5.34. The Morgan fingerprint density at radius 2 is 2.06 bits per heavy atom. The molecular formula is C13H17F2N. The van der Waals surface area contributed by atoms with Crippen LogP contribution < -0.4 is 5.73 Å². The van der Waals surface area contributed by atoms with E-state index in [4.69, 9.17) is 5.73 Å². The third-order valence-electron chi connectivity index (χ3n) is 3.36. The Kier molecular flexibility index (Phi) is 3.24. The molecule has 3 heteroatoms. The number of hydrogen-bond donors (Lipinski definition) is 1. The monoisotopic (exact) mass is 225 g/mol. The lowest BCUT2D eigenvalue weighted by molar-refractivity contribution is -0.0381. The lowest BCUT2D eigenvalue weighted by Gasteiger charge is -2.32. The standard InChI is InChI=1S/C13H17F2N/c14-13(15,8-9-16)12-7-3-5-10-4-1-2-6-11(10)12/h1-2,4,6,12H,3,5,7-9,16H2. The zero-order valence-electron chi connectivity index (χ0n) is 9.26. The molecule has 0 saturated heterocycles. The minimum absolute atomic E-state index is 0.0473. The number of nitrogens with two attached hydrogens (primary N) is 1. The van der Waals surface area contributed by atoms with Crippen LogP contribution in [0.1, 0.15) is 36.3 Å². The minimum atomic E-state index is -2.66. The van der Waals surface area contributed by atoms with Crippen molar-refractivity contribution in [2.24, 2.45) is 5.73 Å². The summed E-state index contributed by atoms with van der Waals surface area (Å²) < 4.78 is 27.8. The molecule has 2 rings (SSSR count). The maximum atomic E-state index is 13.9. The summed E-state index contributed by atoms with van der Waals surface area (Å²) >= 11 is 0. The smallest absolute Gasteiger partial charge is 0.256 e. The van der Waals surface area contributed by atoms with Gasteiger partial charge in [-0.05, 0) is 36.9 Å². The van der Waals surface area contributed by atoms with E-state index in [1.807, 2.05) is 24.3 Å². The quantitative estimate of drug-likeness (QED) is 0.840. The molecule has 0 amide bonds. The average molecular weight is 225 g/mol. The summed E-state index contributed by atoms with van der Waals surface area (Å²) in [6, 6.07) is 7.56. The first kappa shape index (κ1) is 11.5. The number of halogens is 2. The first-order valence-electron chi connectivity index (χ1n) is 5.81. The molecule has 88 valence electrons. The molecule has 1 aliphatic carbocycles. The van der Waals surface area contributed by atoms with Crippen LogP contribution in [0.5, 0.6) is 0 Å². The van der Waals surface area contributed by atoms with Gasteiger partial charge in [0.25, 0.3) is 5.92 Å². The molecule has 0 spiro atoms. The molecule has 1 aromatic rings. The van der Waals surface area contributed by atoms with E-state index in [1.54, 1.807) is 0 Å². The number of fused-ring (bicyclic) bond motifs is 1. The van der Waals surface area contributed by atoms with Crippen LogP contribution in [0, 0.1) is 0 Å². The summed E-state index contributed by atoms with van der Waals surface area (Å²) in [6.07, 6.45) is 2.13. The van der Waals surface area contributed by atoms with Gasteiger partial charge in [0, 0.05) is 12.3 Å². The van der Waals surface area contributed by atoms with Crippen molar-refractivity contribution in [2.45, 2.75) is 37.5 Å². The maximum absolute atomic E-state index is 13.9. The van der Waals surface area contributed by atoms with Crippen LogP contribution in [-0.2, 0) is 6.42 Å². The fraction of sp³-hybridized carbons (Fsp3) is 0.538. The first-order valence-corrected chi connectivity index (χ1v) is 5.81. The zero-order valence-corrected chi connectivity index (χ0v) is 9.26. The number of benzene rings is 1. The van der Waals surface area contributed by atoms with Gasteiger partial charge in [-0.2, -0.15) is 0 Å². The number of rotatable bonds is 3. The molecule has 1 aromatic carbocycles. The molecule has 2 N–H and O–H groups in total. The van der Waals surface area contributed by atoms with Gasteiger partial charge in [-0.15, -0.1) is 0 Å². The van der Waals surface area contributed by atoms with Gasteiger partial charge in [0.15, 0.2) is 0 Å².